The standard InChI is InChI=1S/C11H7BrF2O/c1-6-10(13)7(5-8(12)11(6)14)9-3-2-4-15-9/h2-5H,1H3. The fourth-order valence-electron chi connectivity index (χ4n) is 1.34. The molecule has 4 heteroatoms. The van der Waals surface area contributed by atoms with Gasteiger partial charge in [-0.3, -0.25) is 0 Å². The van der Waals surface area contributed by atoms with E-state index in [1.807, 2.05) is 0 Å². The van der Waals surface area contributed by atoms with E-state index in [-0.39, 0.29) is 15.6 Å². The van der Waals surface area contributed by atoms with Gasteiger partial charge in [-0.05, 0) is 41.1 Å². The summed E-state index contributed by atoms with van der Waals surface area (Å²) < 4.78 is 32.3. The molecule has 1 aromatic heterocycles. The third kappa shape index (κ3) is 1.69. The van der Waals surface area contributed by atoms with Crippen LogP contribution in [-0.4, -0.2) is 0 Å². The first-order chi connectivity index (χ1) is 7.11. The Morgan fingerprint density at radius 2 is 2.00 bits per heavy atom. The second-order valence-electron chi connectivity index (χ2n) is 3.14. The lowest BCUT2D eigenvalue weighted by Gasteiger charge is -2.06. The smallest absolute Gasteiger partial charge is 0.143 e. The first-order valence-corrected chi connectivity index (χ1v) is 5.08. The molecule has 1 heterocycles. The zero-order chi connectivity index (χ0) is 11.0. The minimum absolute atomic E-state index is 0.0178. The van der Waals surface area contributed by atoms with E-state index in [2.05, 4.69) is 15.9 Å². The fourth-order valence-corrected chi connectivity index (χ4v) is 1.87. The van der Waals surface area contributed by atoms with Crippen molar-refractivity contribution in [2.45, 2.75) is 6.92 Å². The molecule has 0 N–H and O–H groups in total. The first-order valence-electron chi connectivity index (χ1n) is 4.29. The van der Waals surface area contributed by atoms with Gasteiger partial charge >= 0.3 is 0 Å². The highest BCUT2D eigenvalue weighted by Gasteiger charge is 2.16. The summed E-state index contributed by atoms with van der Waals surface area (Å²) in [6, 6.07) is 4.65. The van der Waals surface area contributed by atoms with Crippen LogP contribution in [0.3, 0.4) is 0 Å². The highest BCUT2D eigenvalue weighted by Crippen LogP contribution is 2.31. The van der Waals surface area contributed by atoms with E-state index < -0.39 is 11.6 Å². The van der Waals surface area contributed by atoms with Crippen LogP contribution in [0.25, 0.3) is 11.3 Å². The van der Waals surface area contributed by atoms with Gasteiger partial charge in [0.1, 0.15) is 17.4 Å². The maximum absolute atomic E-state index is 13.7. The van der Waals surface area contributed by atoms with Gasteiger partial charge in [0, 0.05) is 5.56 Å². The number of furan rings is 1. The summed E-state index contributed by atoms with van der Waals surface area (Å²) in [7, 11) is 0. The maximum Gasteiger partial charge on any atom is 0.143 e. The van der Waals surface area contributed by atoms with Gasteiger partial charge in [0.25, 0.3) is 0 Å². The van der Waals surface area contributed by atoms with Gasteiger partial charge in [0.2, 0.25) is 0 Å². The second-order valence-corrected chi connectivity index (χ2v) is 3.99. The predicted molar refractivity (Wildman–Crippen MR) is 56.5 cm³/mol. The molecule has 0 aliphatic heterocycles. The molecule has 1 nitrogen and oxygen atoms in total. The minimum atomic E-state index is -0.592. The van der Waals surface area contributed by atoms with Gasteiger partial charge in [0.15, 0.2) is 0 Å². The van der Waals surface area contributed by atoms with Crippen LogP contribution in [0.4, 0.5) is 8.78 Å². The van der Waals surface area contributed by atoms with Gasteiger partial charge in [-0.1, -0.05) is 0 Å². The molecular weight excluding hydrogens is 266 g/mol. The summed E-state index contributed by atoms with van der Waals surface area (Å²) in [5, 5.41) is 0. The monoisotopic (exact) mass is 272 g/mol. The average molecular weight is 273 g/mol. The summed E-state index contributed by atoms with van der Waals surface area (Å²) >= 11 is 3.03. The van der Waals surface area contributed by atoms with Crippen molar-refractivity contribution in [3.05, 3.63) is 46.1 Å². The number of hydrogen-bond donors (Lipinski definition) is 0. The molecule has 2 aromatic rings. The van der Waals surface area contributed by atoms with Crippen LogP contribution in [0, 0.1) is 18.6 Å². The Morgan fingerprint density at radius 1 is 1.27 bits per heavy atom. The Balaban J connectivity index is 2.69. The van der Waals surface area contributed by atoms with Crippen LogP contribution in [0.15, 0.2) is 33.4 Å². The summed E-state index contributed by atoms with van der Waals surface area (Å²) in [5.41, 5.74) is 0.238. The predicted octanol–water partition coefficient (Wildman–Crippen LogP) is 4.30. The van der Waals surface area contributed by atoms with Crippen LogP contribution >= 0.6 is 15.9 Å². The molecule has 0 aliphatic carbocycles. The molecule has 0 saturated heterocycles. The van der Waals surface area contributed by atoms with Gasteiger partial charge in [-0.15, -0.1) is 0 Å². The van der Waals surface area contributed by atoms with Crippen LogP contribution in [0.5, 0.6) is 0 Å². The molecule has 78 valence electrons. The number of rotatable bonds is 1. The highest BCUT2D eigenvalue weighted by molar-refractivity contribution is 9.10. The number of halogens is 3. The molecule has 0 unspecified atom stereocenters. The van der Waals surface area contributed by atoms with Gasteiger partial charge < -0.3 is 4.42 Å². The maximum atomic E-state index is 13.7. The van der Waals surface area contributed by atoms with Gasteiger partial charge in [-0.25, -0.2) is 8.78 Å². The normalized spacial score (nSPS) is 10.7. The van der Waals surface area contributed by atoms with Crippen molar-refractivity contribution in [3.8, 4) is 11.3 Å². The van der Waals surface area contributed by atoms with Crippen molar-refractivity contribution in [2.75, 3.05) is 0 Å². The first kappa shape index (κ1) is 10.4. The Bertz CT molecular complexity index is 492. The van der Waals surface area contributed by atoms with E-state index >= 15 is 0 Å². The van der Waals surface area contributed by atoms with E-state index in [1.54, 1.807) is 12.1 Å². The Labute approximate surface area is 93.8 Å². The molecule has 15 heavy (non-hydrogen) atoms. The number of benzene rings is 1. The minimum Gasteiger partial charge on any atom is -0.464 e. The Morgan fingerprint density at radius 3 is 2.60 bits per heavy atom. The Hall–Kier alpha value is -1.16. The quantitative estimate of drug-likeness (QED) is 0.706. The second kappa shape index (κ2) is 3.77. The molecule has 0 atom stereocenters. The van der Waals surface area contributed by atoms with Crippen LogP contribution < -0.4 is 0 Å². The van der Waals surface area contributed by atoms with Crippen LogP contribution in [0.1, 0.15) is 5.56 Å². The van der Waals surface area contributed by atoms with Gasteiger partial charge in [-0.2, -0.15) is 0 Å². The molecule has 0 spiro atoms. The molecule has 0 amide bonds. The third-order valence-electron chi connectivity index (χ3n) is 2.16. The molecule has 0 saturated carbocycles. The lowest BCUT2D eigenvalue weighted by Crippen LogP contribution is -1.93. The summed E-state index contributed by atoms with van der Waals surface area (Å²) in [5.74, 6) is -0.787. The molecule has 2 rings (SSSR count). The SMILES string of the molecule is Cc1c(F)c(Br)cc(-c2ccco2)c1F. The molecule has 0 radical (unpaired) electrons. The average Bonchev–Trinajstić information content (AvgIpc) is 2.73. The van der Waals surface area contributed by atoms with Crippen molar-refractivity contribution in [3.63, 3.8) is 0 Å². The van der Waals surface area contributed by atoms with Gasteiger partial charge in [0.05, 0.1) is 16.3 Å². The molecular formula is C11H7BrF2O. The summed E-state index contributed by atoms with van der Waals surface area (Å²) in [6.45, 7) is 1.39. The lowest BCUT2D eigenvalue weighted by molar-refractivity contribution is 0.549. The van der Waals surface area contributed by atoms with Crippen molar-refractivity contribution < 1.29 is 13.2 Å². The molecule has 0 aliphatic rings. The van der Waals surface area contributed by atoms with E-state index in [0.29, 0.717) is 5.76 Å². The largest absolute Gasteiger partial charge is 0.464 e. The molecule has 0 fully saturated rings. The lowest BCUT2D eigenvalue weighted by atomic mass is 10.1. The van der Waals surface area contributed by atoms with Crippen molar-refractivity contribution in [1.82, 2.24) is 0 Å². The molecule has 1 aromatic carbocycles. The van der Waals surface area contributed by atoms with Crippen molar-refractivity contribution >= 4 is 15.9 Å². The van der Waals surface area contributed by atoms with Crippen LogP contribution in [0.2, 0.25) is 0 Å². The third-order valence-corrected chi connectivity index (χ3v) is 2.74. The van der Waals surface area contributed by atoms with E-state index in [9.17, 15) is 8.78 Å². The summed E-state index contributed by atoms with van der Waals surface area (Å²) in [4.78, 5) is 0. The molecule has 0 bridgehead atoms. The van der Waals surface area contributed by atoms with Crippen molar-refractivity contribution in [2.24, 2.45) is 0 Å². The Kier molecular flexibility index (Phi) is 2.61. The fraction of sp³-hybridized carbons (Fsp3) is 0.0909. The highest BCUT2D eigenvalue weighted by atomic mass is 79.9. The van der Waals surface area contributed by atoms with Crippen molar-refractivity contribution in [1.29, 1.82) is 0 Å². The van der Waals surface area contributed by atoms with E-state index in [1.165, 1.54) is 19.3 Å². The van der Waals surface area contributed by atoms with Crippen LogP contribution in [-0.2, 0) is 0 Å². The zero-order valence-electron chi connectivity index (χ0n) is 7.85. The number of hydrogen-bond acceptors (Lipinski definition) is 1. The van der Waals surface area contributed by atoms with E-state index in [0.717, 1.165) is 0 Å². The summed E-state index contributed by atoms with van der Waals surface area (Å²) in [6.07, 6.45) is 1.45. The zero-order valence-corrected chi connectivity index (χ0v) is 9.44. The van der Waals surface area contributed by atoms with E-state index in [4.69, 9.17) is 4.42 Å². The topological polar surface area (TPSA) is 13.1 Å².